The monoisotopic (exact) mass is 1080 g/mol. The molecule has 4 aromatic rings. The van der Waals surface area contributed by atoms with Crippen LogP contribution in [0.25, 0.3) is 0 Å². The van der Waals surface area contributed by atoms with Crippen molar-refractivity contribution in [2.75, 3.05) is 64.6 Å². The minimum Gasteiger partial charge on any atom is -0.465 e. The molecular weight excluding hydrogens is 1010 g/mol. The summed E-state index contributed by atoms with van der Waals surface area (Å²) in [5.41, 5.74) is 12.4. The number of nitrogens with one attached hydrogen (secondary N) is 1. The van der Waals surface area contributed by atoms with E-state index in [1.165, 1.54) is 27.8 Å². The maximum atomic E-state index is 12.6. The third-order valence-corrected chi connectivity index (χ3v) is 15.2. The number of ether oxygens (including phenoxy) is 3. The number of ketones is 2. The molecule has 3 aliphatic heterocycles. The SMILES string of the molecule is CC(=O)C(C)(C)CC(C)(C)C(=O)OCC1CO1.CC(=O)C(C)(C)CC(C)(C)C(=O)OCCCNc1ccc(C2CN(C)Cc3c(Cl)cc(Cl)cc32)cc1.CN1Cc2c(Cl)cc(Cl)cc2C(c2ccc(N)cc2)C1. The van der Waals surface area contributed by atoms with E-state index in [4.69, 9.17) is 66.3 Å². The minimum atomic E-state index is -0.710. The van der Waals surface area contributed by atoms with E-state index in [0.29, 0.717) is 55.7 Å². The van der Waals surface area contributed by atoms with Gasteiger partial charge in [-0.1, -0.05) is 98.4 Å². The highest BCUT2D eigenvalue weighted by molar-refractivity contribution is 6.35. The lowest BCUT2D eigenvalue weighted by molar-refractivity contribution is -0.157. The lowest BCUT2D eigenvalue weighted by Gasteiger charge is -2.33. The quantitative estimate of drug-likeness (QED) is 0.0451. The van der Waals surface area contributed by atoms with Crippen LogP contribution in [0, 0.1) is 21.7 Å². The predicted molar refractivity (Wildman–Crippen MR) is 297 cm³/mol. The Hall–Kier alpha value is -4.20. The molecule has 1 saturated heterocycles. The normalized spacial score (nSPS) is 17.9. The van der Waals surface area contributed by atoms with Crippen LogP contribution in [0.1, 0.15) is 134 Å². The average molecular weight is 1080 g/mol. The fourth-order valence-corrected chi connectivity index (χ4v) is 10.8. The number of esters is 2. The molecule has 15 heteroatoms. The number of anilines is 2. The maximum Gasteiger partial charge on any atom is 0.311 e. The van der Waals surface area contributed by atoms with Gasteiger partial charge in [0.05, 0.1) is 24.0 Å². The zero-order valence-electron chi connectivity index (χ0n) is 44.8. The van der Waals surface area contributed by atoms with Crippen LogP contribution in [0.3, 0.4) is 0 Å². The smallest absolute Gasteiger partial charge is 0.311 e. The average Bonchev–Trinajstić information content (AvgIpc) is 4.13. The number of hydrogen-bond acceptors (Lipinski definition) is 11. The van der Waals surface area contributed by atoms with Gasteiger partial charge in [0.2, 0.25) is 0 Å². The van der Waals surface area contributed by atoms with Gasteiger partial charge in [-0.15, -0.1) is 0 Å². The Morgan fingerprint density at radius 3 is 1.47 bits per heavy atom. The van der Waals surface area contributed by atoms with Crippen LogP contribution in [-0.2, 0) is 46.5 Å². The van der Waals surface area contributed by atoms with Gasteiger partial charge >= 0.3 is 11.9 Å². The molecule has 7 rings (SSSR count). The van der Waals surface area contributed by atoms with Crippen molar-refractivity contribution in [3.05, 3.63) is 126 Å². The first-order valence-corrected chi connectivity index (χ1v) is 26.5. The van der Waals surface area contributed by atoms with Crippen molar-refractivity contribution in [2.45, 2.75) is 120 Å². The topological polar surface area (TPSA) is 144 Å². The van der Waals surface area contributed by atoms with Crippen LogP contribution in [0.15, 0.2) is 72.8 Å². The molecule has 3 heterocycles. The highest BCUT2D eigenvalue weighted by atomic mass is 35.5. The number of hydrogen-bond donors (Lipinski definition) is 2. The molecule has 3 N–H and O–H groups in total. The third kappa shape index (κ3) is 16.9. The highest BCUT2D eigenvalue weighted by Crippen LogP contribution is 2.41. The number of rotatable bonds is 17. The molecule has 0 radical (unpaired) electrons. The number of epoxide rings is 1. The molecule has 11 nitrogen and oxygen atoms in total. The van der Waals surface area contributed by atoms with E-state index in [0.717, 1.165) is 53.2 Å². The van der Waals surface area contributed by atoms with Crippen molar-refractivity contribution in [2.24, 2.45) is 21.7 Å². The van der Waals surface area contributed by atoms with Gasteiger partial charge < -0.3 is 35.1 Å². The zero-order chi connectivity index (χ0) is 54.2. The van der Waals surface area contributed by atoms with Gasteiger partial charge in [-0.3, -0.25) is 19.2 Å². The Bertz CT molecular complexity index is 2580. The number of benzene rings is 4. The molecule has 1 fully saturated rings. The molecule has 3 atom stereocenters. The number of carbonyl (C=O) groups excluding carboxylic acids is 4. The summed E-state index contributed by atoms with van der Waals surface area (Å²) in [6, 6.07) is 24.2. The van der Waals surface area contributed by atoms with Crippen molar-refractivity contribution in [3.63, 3.8) is 0 Å². The Labute approximate surface area is 454 Å². The molecule has 73 heavy (non-hydrogen) atoms. The number of nitrogens with two attached hydrogens (primary N) is 1. The molecular formula is C58H76Cl4N4O7. The fourth-order valence-electron chi connectivity index (χ4n) is 9.62. The summed E-state index contributed by atoms with van der Waals surface area (Å²) in [5.74, 6) is 0.122. The molecule has 0 spiro atoms. The summed E-state index contributed by atoms with van der Waals surface area (Å²) in [4.78, 5) is 52.3. The standard InChI is InChI=1S/C29H38Cl2N2O3.C16H16Cl2N2.C13H22O4/c1-19(34)28(2,3)18-29(4,5)27(35)36-13-7-12-32-22-10-8-20(9-11-22)24-16-33(6)17-25-23(24)14-21(30)15-26(25)31;1-20-8-14(10-2-4-12(19)5-3-10)13-6-11(17)7-16(18)15(13)9-20;1-9(14)12(2,3)8-13(4,5)11(15)17-7-10-6-16-10/h8-11,14-15,24,32H,7,12-13,16-18H2,1-6H3;2-7,14H,8-9,19H2,1H3;10H,6-8H2,1-5H3. The second-order valence-corrected chi connectivity index (χ2v) is 24.4. The Kier molecular flexibility index (Phi) is 20.5. The van der Waals surface area contributed by atoms with E-state index in [1.807, 2.05) is 91.8 Å². The molecule has 0 saturated carbocycles. The first kappa shape index (κ1) is 59.7. The number of carbonyl (C=O) groups is 4. The summed E-state index contributed by atoms with van der Waals surface area (Å²) in [6.07, 6.45) is 1.71. The van der Waals surface area contributed by atoms with Crippen LogP contribution in [-0.4, -0.2) is 93.0 Å². The van der Waals surface area contributed by atoms with Crippen LogP contribution < -0.4 is 11.1 Å². The second kappa shape index (κ2) is 25.1. The Balaban J connectivity index is 0.000000224. The van der Waals surface area contributed by atoms with Crippen molar-refractivity contribution in [3.8, 4) is 0 Å². The Morgan fingerprint density at radius 1 is 0.644 bits per heavy atom. The largest absolute Gasteiger partial charge is 0.465 e. The highest BCUT2D eigenvalue weighted by Gasteiger charge is 2.40. The van der Waals surface area contributed by atoms with E-state index in [1.54, 1.807) is 13.8 Å². The van der Waals surface area contributed by atoms with Gasteiger partial charge in [-0.05, 0) is 157 Å². The molecule has 4 aromatic carbocycles. The van der Waals surface area contributed by atoms with Gasteiger partial charge in [0.1, 0.15) is 24.3 Å². The molecule has 0 aliphatic carbocycles. The molecule has 0 bridgehead atoms. The van der Waals surface area contributed by atoms with Gasteiger partial charge in [0.25, 0.3) is 0 Å². The lowest BCUT2D eigenvalue weighted by Crippen LogP contribution is -2.35. The third-order valence-electron chi connectivity index (χ3n) is 14.1. The molecule has 398 valence electrons. The van der Waals surface area contributed by atoms with Crippen LogP contribution in [0.2, 0.25) is 20.1 Å². The predicted octanol–water partition coefficient (Wildman–Crippen LogP) is 13.1. The van der Waals surface area contributed by atoms with Crippen molar-refractivity contribution < 1.29 is 33.4 Å². The number of fused-ring (bicyclic) bond motifs is 2. The minimum absolute atomic E-state index is 0.0749. The zero-order valence-corrected chi connectivity index (χ0v) is 47.8. The maximum absolute atomic E-state index is 12.6. The summed E-state index contributed by atoms with van der Waals surface area (Å²) in [5, 5.41) is 6.23. The van der Waals surface area contributed by atoms with E-state index >= 15 is 0 Å². The van der Waals surface area contributed by atoms with Gasteiger partial charge in [0.15, 0.2) is 0 Å². The summed E-state index contributed by atoms with van der Waals surface area (Å²) < 4.78 is 15.7. The first-order valence-electron chi connectivity index (χ1n) is 25.0. The number of halogens is 4. The van der Waals surface area contributed by atoms with Gasteiger partial charge in [0, 0.05) is 86.9 Å². The van der Waals surface area contributed by atoms with Crippen LogP contribution in [0.4, 0.5) is 11.4 Å². The number of nitrogens with zero attached hydrogens (tertiary/aromatic N) is 2. The molecule has 3 aliphatic rings. The lowest BCUT2D eigenvalue weighted by atomic mass is 9.73. The number of likely N-dealkylation sites (N-methyl/N-ethyl adjacent to an activating group) is 2. The second-order valence-electron chi connectivity index (χ2n) is 22.7. The van der Waals surface area contributed by atoms with E-state index in [-0.39, 0.29) is 41.4 Å². The van der Waals surface area contributed by atoms with Crippen molar-refractivity contribution >= 4 is 81.3 Å². The van der Waals surface area contributed by atoms with E-state index < -0.39 is 21.7 Å². The molecule has 0 amide bonds. The van der Waals surface area contributed by atoms with Gasteiger partial charge in [-0.2, -0.15) is 0 Å². The van der Waals surface area contributed by atoms with Crippen LogP contribution >= 0.6 is 46.4 Å². The van der Waals surface area contributed by atoms with Crippen LogP contribution in [0.5, 0.6) is 0 Å². The molecule has 3 unspecified atom stereocenters. The number of nitrogen functional groups attached to an aromatic ring is 1. The van der Waals surface area contributed by atoms with E-state index in [9.17, 15) is 19.2 Å². The fraction of sp³-hybridized carbons (Fsp3) is 0.517. The van der Waals surface area contributed by atoms with E-state index in [2.05, 4.69) is 65.6 Å². The first-order chi connectivity index (χ1) is 34.0. The van der Waals surface area contributed by atoms with Crippen molar-refractivity contribution in [1.82, 2.24) is 9.80 Å². The summed E-state index contributed by atoms with van der Waals surface area (Å²) in [7, 11) is 4.22. The number of Topliss-reactive ketones (excluding diaryl/α,β-unsaturated/α-hetero) is 2. The van der Waals surface area contributed by atoms with Gasteiger partial charge in [-0.25, -0.2) is 0 Å². The van der Waals surface area contributed by atoms with Crippen molar-refractivity contribution in [1.29, 1.82) is 0 Å². The summed E-state index contributed by atoms with van der Waals surface area (Å²) >= 11 is 25.3. The Morgan fingerprint density at radius 2 is 1.05 bits per heavy atom. The summed E-state index contributed by atoms with van der Waals surface area (Å²) in [6.45, 7) is 23.4. The molecule has 0 aromatic heterocycles.